The zero-order chi connectivity index (χ0) is 11.1. The summed E-state index contributed by atoms with van der Waals surface area (Å²) < 4.78 is 5.17. The van der Waals surface area contributed by atoms with E-state index < -0.39 is 6.10 Å². The van der Waals surface area contributed by atoms with Crippen molar-refractivity contribution < 1.29 is 9.53 Å². The quantitative estimate of drug-likeness (QED) is 0.789. The molecule has 1 amide bonds. The van der Waals surface area contributed by atoms with Crippen molar-refractivity contribution in [2.45, 2.75) is 26.5 Å². The molecule has 0 radical (unpaired) electrons. The molecular formula is C11H16N2O2. The van der Waals surface area contributed by atoms with Gasteiger partial charge in [0.15, 0.2) is 0 Å². The molecule has 82 valence electrons. The Labute approximate surface area is 89.7 Å². The van der Waals surface area contributed by atoms with Crippen molar-refractivity contribution in [2.24, 2.45) is 0 Å². The maximum atomic E-state index is 11.5. The van der Waals surface area contributed by atoms with E-state index in [2.05, 4.69) is 10.3 Å². The van der Waals surface area contributed by atoms with Crippen molar-refractivity contribution in [3.63, 3.8) is 0 Å². The highest BCUT2D eigenvalue weighted by atomic mass is 16.5. The second-order valence-electron chi connectivity index (χ2n) is 3.17. The molecule has 1 N–H and O–H groups in total. The van der Waals surface area contributed by atoms with E-state index in [4.69, 9.17) is 4.74 Å². The Kier molecular flexibility index (Phi) is 4.77. The molecule has 0 aliphatic heterocycles. The Hall–Kier alpha value is -1.42. The summed E-state index contributed by atoms with van der Waals surface area (Å²) in [7, 11) is 0. The summed E-state index contributed by atoms with van der Waals surface area (Å²) in [5.41, 5.74) is 1.03. The van der Waals surface area contributed by atoms with E-state index in [1.807, 2.05) is 19.1 Å². The average molecular weight is 208 g/mol. The summed E-state index contributed by atoms with van der Waals surface area (Å²) in [6, 6.07) is 3.73. The Morgan fingerprint density at radius 2 is 2.20 bits per heavy atom. The normalized spacial score (nSPS) is 12.1. The van der Waals surface area contributed by atoms with Gasteiger partial charge in [0, 0.05) is 25.5 Å². The lowest BCUT2D eigenvalue weighted by Crippen LogP contribution is -2.34. The fraction of sp³-hybridized carbons (Fsp3) is 0.455. The summed E-state index contributed by atoms with van der Waals surface area (Å²) in [6.45, 7) is 4.67. The predicted octanol–water partition coefficient (Wildman–Crippen LogP) is 1.12. The van der Waals surface area contributed by atoms with Gasteiger partial charge in [-0.15, -0.1) is 0 Å². The highest BCUT2D eigenvalue weighted by Gasteiger charge is 2.11. The molecule has 1 unspecified atom stereocenters. The van der Waals surface area contributed by atoms with Gasteiger partial charge in [0.25, 0.3) is 0 Å². The minimum Gasteiger partial charge on any atom is -0.369 e. The smallest absolute Gasteiger partial charge is 0.249 e. The third-order valence-corrected chi connectivity index (χ3v) is 2.00. The number of ether oxygens (including phenoxy) is 1. The summed E-state index contributed by atoms with van der Waals surface area (Å²) >= 11 is 0. The molecule has 0 fully saturated rings. The molecule has 1 atom stereocenters. The summed E-state index contributed by atoms with van der Waals surface area (Å²) in [5.74, 6) is -0.0892. The SMILES string of the molecule is CCOC(C)C(=O)NCc1ccncc1. The number of hydrogen-bond acceptors (Lipinski definition) is 3. The number of nitrogens with one attached hydrogen (secondary N) is 1. The Morgan fingerprint density at radius 3 is 2.80 bits per heavy atom. The van der Waals surface area contributed by atoms with E-state index in [9.17, 15) is 4.79 Å². The number of carbonyl (C=O) groups excluding carboxylic acids is 1. The van der Waals surface area contributed by atoms with Crippen LogP contribution in [0.15, 0.2) is 24.5 Å². The van der Waals surface area contributed by atoms with Gasteiger partial charge >= 0.3 is 0 Å². The number of rotatable bonds is 5. The molecule has 0 aliphatic rings. The van der Waals surface area contributed by atoms with Gasteiger partial charge in [-0.05, 0) is 31.5 Å². The van der Waals surface area contributed by atoms with Crippen molar-refractivity contribution in [1.29, 1.82) is 0 Å². The first kappa shape index (κ1) is 11.7. The molecule has 0 bridgehead atoms. The van der Waals surface area contributed by atoms with Gasteiger partial charge in [0.2, 0.25) is 5.91 Å². The molecular weight excluding hydrogens is 192 g/mol. The molecule has 1 aromatic rings. The first-order valence-corrected chi connectivity index (χ1v) is 5.02. The monoisotopic (exact) mass is 208 g/mol. The number of pyridine rings is 1. The molecule has 0 spiro atoms. The van der Waals surface area contributed by atoms with Crippen LogP contribution in [0.4, 0.5) is 0 Å². The van der Waals surface area contributed by atoms with Crippen LogP contribution in [0.25, 0.3) is 0 Å². The van der Waals surface area contributed by atoms with Gasteiger partial charge in [-0.2, -0.15) is 0 Å². The predicted molar refractivity (Wildman–Crippen MR) is 57.2 cm³/mol. The van der Waals surface area contributed by atoms with Crippen molar-refractivity contribution in [2.75, 3.05) is 6.61 Å². The van der Waals surface area contributed by atoms with Crippen LogP contribution < -0.4 is 5.32 Å². The van der Waals surface area contributed by atoms with E-state index in [-0.39, 0.29) is 5.91 Å². The van der Waals surface area contributed by atoms with E-state index >= 15 is 0 Å². The van der Waals surface area contributed by atoms with Crippen LogP contribution in [0.1, 0.15) is 19.4 Å². The highest BCUT2D eigenvalue weighted by Crippen LogP contribution is 1.96. The van der Waals surface area contributed by atoms with Gasteiger partial charge in [0.1, 0.15) is 6.10 Å². The standard InChI is InChI=1S/C11H16N2O2/c1-3-15-9(2)11(14)13-8-10-4-6-12-7-5-10/h4-7,9H,3,8H2,1-2H3,(H,13,14). The number of aromatic nitrogens is 1. The first-order valence-electron chi connectivity index (χ1n) is 5.02. The third kappa shape index (κ3) is 4.08. The van der Waals surface area contributed by atoms with Crippen LogP contribution in [-0.4, -0.2) is 23.6 Å². The summed E-state index contributed by atoms with van der Waals surface area (Å²) in [5, 5.41) is 2.79. The molecule has 1 heterocycles. The van der Waals surface area contributed by atoms with Gasteiger partial charge in [-0.3, -0.25) is 9.78 Å². The Morgan fingerprint density at radius 1 is 1.53 bits per heavy atom. The zero-order valence-corrected chi connectivity index (χ0v) is 9.06. The second-order valence-corrected chi connectivity index (χ2v) is 3.17. The van der Waals surface area contributed by atoms with E-state index in [0.717, 1.165) is 5.56 Å². The minimum absolute atomic E-state index is 0.0892. The van der Waals surface area contributed by atoms with Crippen molar-refractivity contribution in [3.8, 4) is 0 Å². The van der Waals surface area contributed by atoms with Crippen LogP contribution in [0.3, 0.4) is 0 Å². The van der Waals surface area contributed by atoms with Crippen molar-refractivity contribution in [3.05, 3.63) is 30.1 Å². The van der Waals surface area contributed by atoms with Crippen molar-refractivity contribution in [1.82, 2.24) is 10.3 Å². The Bertz CT molecular complexity index is 301. The highest BCUT2D eigenvalue weighted by molar-refractivity contribution is 5.80. The second kappa shape index (κ2) is 6.14. The van der Waals surface area contributed by atoms with Crippen LogP contribution in [0.2, 0.25) is 0 Å². The molecule has 1 rings (SSSR count). The minimum atomic E-state index is -0.392. The van der Waals surface area contributed by atoms with E-state index in [0.29, 0.717) is 13.2 Å². The van der Waals surface area contributed by atoms with Crippen LogP contribution >= 0.6 is 0 Å². The van der Waals surface area contributed by atoms with E-state index in [1.165, 1.54) is 0 Å². The summed E-state index contributed by atoms with van der Waals surface area (Å²) in [4.78, 5) is 15.4. The Balaban J connectivity index is 2.34. The lowest BCUT2D eigenvalue weighted by Gasteiger charge is -2.11. The number of amides is 1. The number of nitrogens with zero attached hydrogens (tertiary/aromatic N) is 1. The maximum absolute atomic E-state index is 11.5. The number of hydrogen-bond donors (Lipinski definition) is 1. The molecule has 4 nitrogen and oxygen atoms in total. The molecule has 0 aromatic carbocycles. The van der Waals surface area contributed by atoms with Gasteiger partial charge in [0.05, 0.1) is 0 Å². The molecule has 0 aliphatic carbocycles. The van der Waals surface area contributed by atoms with Gasteiger partial charge < -0.3 is 10.1 Å². The van der Waals surface area contributed by atoms with Gasteiger partial charge in [-0.1, -0.05) is 0 Å². The largest absolute Gasteiger partial charge is 0.369 e. The lowest BCUT2D eigenvalue weighted by atomic mass is 10.2. The fourth-order valence-electron chi connectivity index (χ4n) is 1.16. The number of carbonyl (C=O) groups is 1. The molecule has 4 heteroatoms. The molecule has 0 saturated heterocycles. The van der Waals surface area contributed by atoms with Crippen LogP contribution in [-0.2, 0) is 16.1 Å². The third-order valence-electron chi connectivity index (χ3n) is 2.00. The topological polar surface area (TPSA) is 51.2 Å². The zero-order valence-electron chi connectivity index (χ0n) is 9.06. The molecule has 1 aromatic heterocycles. The maximum Gasteiger partial charge on any atom is 0.249 e. The van der Waals surface area contributed by atoms with Crippen LogP contribution in [0, 0.1) is 0 Å². The van der Waals surface area contributed by atoms with Crippen molar-refractivity contribution >= 4 is 5.91 Å². The average Bonchev–Trinajstić information content (AvgIpc) is 2.27. The molecule has 0 saturated carbocycles. The van der Waals surface area contributed by atoms with Gasteiger partial charge in [-0.25, -0.2) is 0 Å². The lowest BCUT2D eigenvalue weighted by molar-refractivity contribution is -0.131. The fourth-order valence-corrected chi connectivity index (χ4v) is 1.16. The summed E-state index contributed by atoms with van der Waals surface area (Å²) in [6.07, 6.45) is 3.01. The van der Waals surface area contributed by atoms with Crippen LogP contribution in [0.5, 0.6) is 0 Å². The molecule has 15 heavy (non-hydrogen) atoms. The first-order chi connectivity index (χ1) is 7.24. The van der Waals surface area contributed by atoms with E-state index in [1.54, 1.807) is 19.3 Å².